The Hall–Kier alpha value is -0.210. The summed E-state index contributed by atoms with van der Waals surface area (Å²) in [5.74, 6) is 0. The first-order chi connectivity index (χ1) is 8.04. The zero-order chi connectivity index (χ0) is 13.3. The largest absolute Gasteiger partial charge is 0.395 e. The Labute approximate surface area is 104 Å². The van der Waals surface area contributed by atoms with Gasteiger partial charge in [0.1, 0.15) is 0 Å². The molecule has 0 heterocycles. The van der Waals surface area contributed by atoms with E-state index in [9.17, 15) is 8.42 Å². The molecule has 0 aromatic carbocycles. The molecule has 0 atom stereocenters. The van der Waals surface area contributed by atoms with Gasteiger partial charge in [-0.25, -0.2) is 0 Å². The predicted molar refractivity (Wildman–Crippen MR) is 66.8 cm³/mol. The molecule has 0 amide bonds. The van der Waals surface area contributed by atoms with Crippen molar-refractivity contribution < 1.29 is 18.6 Å². The number of nitrogens with zero attached hydrogens (tertiary/aromatic N) is 2. The minimum Gasteiger partial charge on any atom is -0.395 e. The van der Waals surface area contributed by atoms with E-state index in [4.69, 9.17) is 10.2 Å². The van der Waals surface area contributed by atoms with Crippen LogP contribution in [-0.4, -0.2) is 66.6 Å². The molecular formula is C10H24N2O4S. The monoisotopic (exact) mass is 268 g/mol. The van der Waals surface area contributed by atoms with Crippen molar-refractivity contribution in [2.75, 3.05) is 39.4 Å². The van der Waals surface area contributed by atoms with Crippen LogP contribution in [0.25, 0.3) is 0 Å². The third-order valence-corrected chi connectivity index (χ3v) is 4.33. The van der Waals surface area contributed by atoms with Crippen molar-refractivity contribution >= 4 is 10.2 Å². The predicted octanol–water partition coefficient (Wildman–Crippen LogP) is -0.360. The maximum atomic E-state index is 12.2. The van der Waals surface area contributed by atoms with Crippen LogP contribution in [-0.2, 0) is 10.2 Å². The molecule has 17 heavy (non-hydrogen) atoms. The first-order valence-electron chi connectivity index (χ1n) is 6.01. The quantitative estimate of drug-likeness (QED) is 0.567. The number of aliphatic hydroxyl groups excluding tert-OH is 2. The maximum absolute atomic E-state index is 12.2. The minimum atomic E-state index is -3.57. The molecule has 0 aliphatic rings. The summed E-state index contributed by atoms with van der Waals surface area (Å²) in [4.78, 5) is 0. The second kappa shape index (κ2) is 8.82. The molecule has 0 rings (SSSR count). The topological polar surface area (TPSA) is 81.1 Å². The Morgan fingerprint density at radius 3 is 1.47 bits per heavy atom. The number of hydrogen-bond donors (Lipinski definition) is 2. The van der Waals surface area contributed by atoms with Gasteiger partial charge in [-0.2, -0.15) is 17.0 Å². The van der Waals surface area contributed by atoms with Crippen LogP contribution in [0.1, 0.15) is 26.7 Å². The average Bonchev–Trinajstić information content (AvgIpc) is 2.28. The summed E-state index contributed by atoms with van der Waals surface area (Å²) in [7, 11) is -3.57. The fourth-order valence-corrected chi connectivity index (χ4v) is 3.35. The zero-order valence-corrected chi connectivity index (χ0v) is 11.5. The van der Waals surface area contributed by atoms with Crippen molar-refractivity contribution in [1.29, 1.82) is 0 Å². The van der Waals surface area contributed by atoms with Gasteiger partial charge >= 0.3 is 0 Å². The molecular weight excluding hydrogens is 244 g/mol. The third-order valence-electron chi connectivity index (χ3n) is 2.30. The van der Waals surface area contributed by atoms with Crippen LogP contribution in [0.5, 0.6) is 0 Å². The Bertz CT molecular complexity index is 248. The van der Waals surface area contributed by atoms with E-state index in [-0.39, 0.29) is 26.3 Å². The van der Waals surface area contributed by atoms with Gasteiger partial charge in [0.15, 0.2) is 0 Å². The van der Waals surface area contributed by atoms with E-state index in [2.05, 4.69) is 0 Å². The van der Waals surface area contributed by atoms with E-state index in [1.165, 1.54) is 4.31 Å². The second-order valence-corrected chi connectivity index (χ2v) is 5.68. The lowest BCUT2D eigenvalue weighted by molar-refractivity contribution is 0.208. The number of aliphatic hydroxyl groups is 2. The molecule has 0 aromatic rings. The van der Waals surface area contributed by atoms with Crippen molar-refractivity contribution in [3.8, 4) is 0 Å². The van der Waals surface area contributed by atoms with Crippen molar-refractivity contribution in [3.63, 3.8) is 0 Å². The summed E-state index contributed by atoms with van der Waals surface area (Å²) in [5, 5.41) is 17.7. The lowest BCUT2D eigenvalue weighted by Gasteiger charge is -2.28. The van der Waals surface area contributed by atoms with E-state index in [1.807, 2.05) is 13.8 Å². The zero-order valence-electron chi connectivity index (χ0n) is 10.7. The molecule has 7 heteroatoms. The Morgan fingerprint density at radius 2 is 1.18 bits per heavy atom. The van der Waals surface area contributed by atoms with Gasteiger partial charge in [-0.15, -0.1) is 0 Å². The van der Waals surface area contributed by atoms with Gasteiger partial charge in [0.05, 0.1) is 13.2 Å². The highest BCUT2D eigenvalue weighted by Gasteiger charge is 2.27. The summed E-state index contributed by atoms with van der Waals surface area (Å²) in [6.07, 6.45) is 1.48. The van der Waals surface area contributed by atoms with Crippen LogP contribution in [0.3, 0.4) is 0 Å². The standard InChI is InChI=1S/C10H24N2O4S/c1-3-5-11(6-4-2)17(15,16)12(7-9-13)8-10-14/h13-14H,3-10H2,1-2H3. The average molecular weight is 268 g/mol. The van der Waals surface area contributed by atoms with Gasteiger partial charge in [-0.3, -0.25) is 0 Å². The van der Waals surface area contributed by atoms with Crippen LogP contribution in [0.2, 0.25) is 0 Å². The normalized spacial score (nSPS) is 12.6. The first-order valence-corrected chi connectivity index (χ1v) is 7.41. The summed E-state index contributed by atoms with van der Waals surface area (Å²) in [6.45, 7) is 4.31. The van der Waals surface area contributed by atoms with Gasteiger partial charge in [0, 0.05) is 26.2 Å². The Kier molecular flexibility index (Phi) is 8.71. The van der Waals surface area contributed by atoms with Crippen LogP contribution < -0.4 is 0 Å². The van der Waals surface area contributed by atoms with E-state index in [0.717, 1.165) is 17.1 Å². The van der Waals surface area contributed by atoms with Crippen molar-refractivity contribution in [2.24, 2.45) is 0 Å². The molecule has 0 saturated carbocycles. The highest BCUT2D eigenvalue weighted by Crippen LogP contribution is 2.09. The molecule has 0 fully saturated rings. The van der Waals surface area contributed by atoms with Gasteiger partial charge in [0.2, 0.25) is 0 Å². The molecule has 0 aliphatic heterocycles. The van der Waals surface area contributed by atoms with Gasteiger partial charge in [-0.1, -0.05) is 13.8 Å². The number of hydrogen-bond acceptors (Lipinski definition) is 4. The van der Waals surface area contributed by atoms with Gasteiger partial charge in [0.25, 0.3) is 10.2 Å². The lowest BCUT2D eigenvalue weighted by atomic mass is 10.4. The molecule has 0 aromatic heterocycles. The van der Waals surface area contributed by atoms with Gasteiger partial charge < -0.3 is 10.2 Å². The lowest BCUT2D eigenvalue weighted by Crippen LogP contribution is -2.46. The summed E-state index contributed by atoms with van der Waals surface area (Å²) < 4.78 is 27.0. The SMILES string of the molecule is CCCN(CCC)S(=O)(=O)N(CCO)CCO. The molecule has 0 aliphatic carbocycles. The number of rotatable bonds is 10. The molecule has 0 saturated heterocycles. The van der Waals surface area contributed by atoms with Gasteiger partial charge in [-0.05, 0) is 12.8 Å². The molecule has 2 N–H and O–H groups in total. The molecule has 0 unspecified atom stereocenters. The van der Waals surface area contributed by atoms with E-state index < -0.39 is 10.2 Å². The molecule has 104 valence electrons. The Morgan fingerprint density at radius 1 is 0.824 bits per heavy atom. The van der Waals surface area contributed by atoms with Crippen LogP contribution in [0, 0.1) is 0 Å². The maximum Gasteiger partial charge on any atom is 0.282 e. The van der Waals surface area contributed by atoms with Crippen molar-refractivity contribution in [3.05, 3.63) is 0 Å². The molecule has 0 bridgehead atoms. The smallest absolute Gasteiger partial charge is 0.282 e. The minimum absolute atomic E-state index is 0.0207. The molecule has 6 nitrogen and oxygen atoms in total. The van der Waals surface area contributed by atoms with Crippen molar-refractivity contribution in [1.82, 2.24) is 8.61 Å². The van der Waals surface area contributed by atoms with E-state index in [1.54, 1.807) is 0 Å². The third kappa shape index (κ3) is 5.31. The second-order valence-electron chi connectivity index (χ2n) is 3.75. The molecule has 0 radical (unpaired) electrons. The van der Waals surface area contributed by atoms with Crippen molar-refractivity contribution in [2.45, 2.75) is 26.7 Å². The van der Waals surface area contributed by atoms with E-state index in [0.29, 0.717) is 13.1 Å². The van der Waals surface area contributed by atoms with Crippen LogP contribution in [0.4, 0.5) is 0 Å². The van der Waals surface area contributed by atoms with Crippen LogP contribution >= 0.6 is 0 Å². The highest BCUT2D eigenvalue weighted by molar-refractivity contribution is 7.86. The highest BCUT2D eigenvalue weighted by atomic mass is 32.2. The van der Waals surface area contributed by atoms with E-state index >= 15 is 0 Å². The summed E-state index contributed by atoms with van der Waals surface area (Å²) in [5.41, 5.74) is 0. The Balaban J connectivity index is 4.86. The summed E-state index contributed by atoms with van der Waals surface area (Å²) >= 11 is 0. The fraction of sp³-hybridized carbons (Fsp3) is 1.00. The molecule has 0 spiro atoms. The first kappa shape index (κ1) is 16.8. The summed E-state index contributed by atoms with van der Waals surface area (Å²) in [6, 6.07) is 0. The fourth-order valence-electron chi connectivity index (χ4n) is 1.57. The van der Waals surface area contributed by atoms with Crippen LogP contribution in [0.15, 0.2) is 0 Å².